The Morgan fingerprint density at radius 3 is 2.89 bits per heavy atom. The first-order valence-corrected chi connectivity index (χ1v) is 8.46. The van der Waals surface area contributed by atoms with Gasteiger partial charge in [-0.15, -0.1) is 5.10 Å². The minimum atomic E-state index is -0.432. The lowest BCUT2D eigenvalue weighted by atomic mass is 10.1. The Kier molecular flexibility index (Phi) is 4.30. The van der Waals surface area contributed by atoms with Gasteiger partial charge in [0.1, 0.15) is 18.1 Å². The van der Waals surface area contributed by atoms with Crippen molar-refractivity contribution in [3.63, 3.8) is 0 Å². The van der Waals surface area contributed by atoms with Crippen LogP contribution in [0.25, 0.3) is 17.2 Å². The predicted octanol–water partition coefficient (Wildman–Crippen LogP) is 2.39. The highest BCUT2D eigenvalue weighted by Gasteiger charge is 2.17. The average molecular weight is 362 g/mol. The summed E-state index contributed by atoms with van der Waals surface area (Å²) in [5.74, 6) is 0.0971. The molecule has 8 nitrogen and oxygen atoms in total. The maximum Gasteiger partial charge on any atom is 0.253 e. The third-order valence-corrected chi connectivity index (χ3v) is 4.18. The van der Waals surface area contributed by atoms with Gasteiger partial charge in [0.15, 0.2) is 17.3 Å². The summed E-state index contributed by atoms with van der Waals surface area (Å²) in [5, 5.41) is 13.2. The summed E-state index contributed by atoms with van der Waals surface area (Å²) in [6.45, 7) is 2.44. The fourth-order valence-corrected chi connectivity index (χ4v) is 3.00. The number of pyridine rings is 1. The van der Waals surface area contributed by atoms with Crippen molar-refractivity contribution in [1.82, 2.24) is 34.1 Å². The molecule has 0 unspecified atom stereocenters. The summed E-state index contributed by atoms with van der Waals surface area (Å²) in [6.07, 6.45) is 8.05. The summed E-state index contributed by atoms with van der Waals surface area (Å²) in [5.41, 5.74) is 2.49. The molecule has 0 bridgehead atoms. The SMILES string of the molecule is CCCc1c(Cn2ccnc2-c2ncccc2F)ncn2nc(C#N)nc12. The lowest BCUT2D eigenvalue weighted by Gasteiger charge is -2.11. The van der Waals surface area contributed by atoms with Crippen molar-refractivity contribution in [3.05, 3.63) is 59.9 Å². The molecule has 0 radical (unpaired) electrons. The van der Waals surface area contributed by atoms with E-state index in [1.54, 1.807) is 23.0 Å². The van der Waals surface area contributed by atoms with Gasteiger partial charge in [0, 0.05) is 24.2 Å². The van der Waals surface area contributed by atoms with Gasteiger partial charge >= 0.3 is 0 Å². The third kappa shape index (κ3) is 3.01. The topological polar surface area (TPSA) is 97.6 Å². The highest BCUT2D eigenvalue weighted by Crippen LogP contribution is 2.21. The van der Waals surface area contributed by atoms with Gasteiger partial charge in [0.2, 0.25) is 0 Å². The van der Waals surface area contributed by atoms with E-state index in [4.69, 9.17) is 5.26 Å². The quantitative estimate of drug-likeness (QED) is 0.541. The van der Waals surface area contributed by atoms with Crippen molar-refractivity contribution in [3.8, 4) is 17.6 Å². The summed E-state index contributed by atoms with van der Waals surface area (Å²) in [7, 11) is 0. The summed E-state index contributed by atoms with van der Waals surface area (Å²) in [4.78, 5) is 17.1. The summed E-state index contributed by atoms with van der Waals surface area (Å²) in [6, 6.07) is 4.85. The molecule has 4 rings (SSSR count). The second kappa shape index (κ2) is 6.92. The molecule has 0 amide bonds. The second-order valence-electron chi connectivity index (χ2n) is 5.95. The highest BCUT2D eigenvalue weighted by atomic mass is 19.1. The van der Waals surface area contributed by atoms with Gasteiger partial charge in [-0.2, -0.15) is 10.2 Å². The largest absolute Gasteiger partial charge is 0.324 e. The fraction of sp³-hybridized carbons (Fsp3) is 0.222. The van der Waals surface area contributed by atoms with E-state index in [0.29, 0.717) is 18.0 Å². The standard InChI is InChI=1S/C18H15FN8/c1-2-4-12-14(23-11-27-17(12)24-15(9-20)25-27)10-26-8-7-22-18(26)16-13(19)5-3-6-21-16/h3,5-8,11H,2,4,10H2,1H3. The maximum atomic E-state index is 14.1. The van der Waals surface area contributed by atoms with Gasteiger partial charge in [0.25, 0.3) is 5.82 Å². The maximum absolute atomic E-state index is 14.1. The lowest BCUT2D eigenvalue weighted by molar-refractivity contribution is 0.621. The Balaban J connectivity index is 1.79. The van der Waals surface area contributed by atoms with Crippen LogP contribution in [0.2, 0.25) is 0 Å². The molecule has 0 spiro atoms. The van der Waals surface area contributed by atoms with Gasteiger partial charge in [-0.05, 0) is 18.6 Å². The van der Waals surface area contributed by atoms with Gasteiger partial charge in [-0.1, -0.05) is 13.3 Å². The van der Waals surface area contributed by atoms with Crippen LogP contribution in [0.15, 0.2) is 37.1 Å². The Bertz CT molecular complexity index is 1150. The molecule has 0 aliphatic carbocycles. The van der Waals surface area contributed by atoms with Gasteiger partial charge in [-0.3, -0.25) is 0 Å². The molecule has 0 saturated heterocycles. The van der Waals surface area contributed by atoms with Crippen LogP contribution in [0.4, 0.5) is 4.39 Å². The smallest absolute Gasteiger partial charge is 0.253 e. The van der Waals surface area contributed by atoms with Crippen molar-refractivity contribution >= 4 is 5.65 Å². The molecule has 0 aliphatic heterocycles. The van der Waals surface area contributed by atoms with Crippen LogP contribution in [-0.4, -0.2) is 34.1 Å². The monoisotopic (exact) mass is 362 g/mol. The zero-order chi connectivity index (χ0) is 18.8. The molecule has 0 fully saturated rings. The molecule has 4 heterocycles. The Morgan fingerprint density at radius 2 is 2.11 bits per heavy atom. The Morgan fingerprint density at radius 1 is 1.22 bits per heavy atom. The number of hydrogen-bond acceptors (Lipinski definition) is 6. The summed E-state index contributed by atoms with van der Waals surface area (Å²) >= 11 is 0. The number of nitriles is 1. The number of fused-ring (bicyclic) bond motifs is 1. The first-order valence-electron chi connectivity index (χ1n) is 8.46. The van der Waals surface area contributed by atoms with E-state index < -0.39 is 5.82 Å². The number of imidazole rings is 1. The highest BCUT2D eigenvalue weighted by molar-refractivity contribution is 5.52. The Labute approximate surface area is 154 Å². The normalized spacial score (nSPS) is 11.0. The van der Waals surface area contributed by atoms with Crippen LogP contribution < -0.4 is 0 Å². The van der Waals surface area contributed by atoms with Crippen LogP contribution in [0.5, 0.6) is 0 Å². The van der Waals surface area contributed by atoms with Crippen molar-refractivity contribution in [2.45, 2.75) is 26.3 Å². The second-order valence-corrected chi connectivity index (χ2v) is 5.95. The van der Waals surface area contributed by atoms with E-state index in [0.717, 1.165) is 24.1 Å². The van der Waals surface area contributed by atoms with Crippen LogP contribution in [-0.2, 0) is 13.0 Å². The van der Waals surface area contributed by atoms with E-state index in [-0.39, 0.29) is 11.5 Å². The van der Waals surface area contributed by atoms with Gasteiger partial charge in [0.05, 0.1) is 12.2 Å². The molecular weight excluding hydrogens is 347 g/mol. The average Bonchev–Trinajstić information content (AvgIpc) is 3.31. The van der Waals surface area contributed by atoms with Crippen LogP contribution in [0.1, 0.15) is 30.4 Å². The van der Waals surface area contributed by atoms with E-state index in [9.17, 15) is 4.39 Å². The molecule has 27 heavy (non-hydrogen) atoms. The predicted molar refractivity (Wildman–Crippen MR) is 94.0 cm³/mol. The lowest BCUT2D eigenvalue weighted by Crippen LogP contribution is -2.10. The van der Waals surface area contributed by atoms with Crippen molar-refractivity contribution < 1.29 is 4.39 Å². The molecular formula is C18H15FN8. The number of hydrogen-bond donors (Lipinski definition) is 0. The molecule has 0 atom stereocenters. The molecule has 4 aromatic rings. The Hall–Kier alpha value is -3.67. The zero-order valence-electron chi connectivity index (χ0n) is 14.5. The van der Waals surface area contributed by atoms with Crippen LogP contribution in [0.3, 0.4) is 0 Å². The van der Waals surface area contributed by atoms with Crippen molar-refractivity contribution in [1.29, 1.82) is 5.26 Å². The van der Waals surface area contributed by atoms with E-state index >= 15 is 0 Å². The van der Waals surface area contributed by atoms with E-state index in [1.807, 2.05) is 6.07 Å². The van der Waals surface area contributed by atoms with Gasteiger partial charge in [-0.25, -0.2) is 23.9 Å². The number of aromatic nitrogens is 7. The third-order valence-electron chi connectivity index (χ3n) is 4.18. The number of halogens is 1. The summed E-state index contributed by atoms with van der Waals surface area (Å²) < 4.78 is 17.4. The molecule has 0 saturated carbocycles. The number of rotatable bonds is 5. The molecule has 0 N–H and O–H groups in total. The number of aryl methyl sites for hydroxylation is 1. The zero-order valence-corrected chi connectivity index (χ0v) is 14.5. The fourth-order valence-electron chi connectivity index (χ4n) is 3.00. The molecule has 9 heteroatoms. The van der Waals surface area contributed by atoms with Crippen molar-refractivity contribution in [2.75, 3.05) is 0 Å². The molecule has 4 aromatic heterocycles. The van der Waals surface area contributed by atoms with E-state index in [2.05, 4.69) is 32.0 Å². The van der Waals surface area contributed by atoms with Gasteiger partial charge < -0.3 is 4.57 Å². The molecule has 0 aromatic carbocycles. The minimum Gasteiger partial charge on any atom is -0.324 e. The van der Waals surface area contributed by atoms with Crippen molar-refractivity contribution in [2.24, 2.45) is 0 Å². The first kappa shape index (κ1) is 16.8. The van der Waals surface area contributed by atoms with E-state index in [1.165, 1.54) is 23.1 Å². The van der Waals surface area contributed by atoms with Crippen LogP contribution >= 0.6 is 0 Å². The minimum absolute atomic E-state index is 0.102. The first-order chi connectivity index (χ1) is 13.2. The van der Waals surface area contributed by atoms with Crippen LogP contribution in [0, 0.1) is 17.1 Å². The number of nitrogens with zero attached hydrogens (tertiary/aromatic N) is 8. The molecule has 134 valence electrons. The molecule has 0 aliphatic rings.